The third-order valence-electron chi connectivity index (χ3n) is 3.52. The van der Waals surface area contributed by atoms with E-state index >= 15 is 0 Å². The third-order valence-corrected chi connectivity index (χ3v) is 4.64. The molecule has 0 aliphatic rings. The zero-order valence-electron chi connectivity index (χ0n) is 13.0. The van der Waals surface area contributed by atoms with E-state index in [-0.39, 0.29) is 19.0 Å². The lowest BCUT2D eigenvalue weighted by Crippen LogP contribution is -2.43. The molecule has 2 rings (SSSR count). The summed E-state index contributed by atoms with van der Waals surface area (Å²) in [6.45, 7) is 4.97. The van der Waals surface area contributed by atoms with Crippen molar-refractivity contribution in [3.63, 3.8) is 0 Å². The number of aliphatic hydroxyl groups is 1. The number of carbonyl (C=O) groups is 1. The van der Waals surface area contributed by atoms with E-state index in [1.807, 2.05) is 59.7 Å². The van der Waals surface area contributed by atoms with E-state index in [9.17, 15) is 9.90 Å². The molecule has 1 heterocycles. The average Bonchev–Trinajstić information content (AvgIpc) is 3.07. The normalized spacial score (nSPS) is 13.4. The van der Waals surface area contributed by atoms with Crippen molar-refractivity contribution in [3.8, 4) is 0 Å². The van der Waals surface area contributed by atoms with Gasteiger partial charge in [-0.3, -0.25) is 4.79 Å². The summed E-state index contributed by atoms with van der Waals surface area (Å²) in [4.78, 5) is 15.0. The molecule has 0 saturated carbocycles. The van der Waals surface area contributed by atoms with E-state index < -0.39 is 5.60 Å². The van der Waals surface area contributed by atoms with Gasteiger partial charge in [0.2, 0.25) is 5.91 Å². The number of hydrogen-bond donors (Lipinski definition) is 2. The molecule has 118 valence electrons. The van der Waals surface area contributed by atoms with Gasteiger partial charge in [0, 0.05) is 17.1 Å². The Morgan fingerprint density at radius 1 is 1.27 bits per heavy atom. The summed E-state index contributed by atoms with van der Waals surface area (Å²) in [5, 5.41) is 15.2. The molecule has 1 amide bonds. The number of rotatable bonds is 7. The highest BCUT2D eigenvalue weighted by molar-refractivity contribution is 7.10. The van der Waals surface area contributed by atoms with Crippen LogP contribution >= 0.6 is 11.3 Å². The van der Waals surface area contributed by atoms with Crippen LogP contribution in [0.3, 0.4) is 0 Å². The van der Waals surface area contributed by atoms with Crippen molar-refractivity contribution in [1.82, 2.24) is 5.32 Å². The van der Waals surface area contributed by atoms with E-state index in [1.54, 1.807) is 6.92 Å². The van der Waals surface area contributed by atoms with Gasteiger partial charge < -0.3 is 15.3 Å². The molecule has 1 atom stereocenters. The SMILES string of the molecule is CCN(CC(=O)NCC(C)(O)c1cccs1)c1ccccc1. The lowest BCUT2D eigenvalue weighted by atomic mass is 10.1. The molecule has 5 heteroatoms. The highest BCUT2D eigenvalue weighted by Crippen LogP contribution is 2.24. The van der Waals surface area contributed by atoms with Gasteiger partial charge in [-0.1, -0.05) is 24.3 Å². The van der Waals surface area contributed by atoms with Gasteiger partial charge in [-0.2, -0.15) is 0 Å². The molecule has 1 aromatic heterocycles. The molecule has 0 aliphatic carbocycles. The van der Waals surface area contributed by atoms with Gasteiger partial charge in [-0.25, -0.2) is 0 Å². The molecule has 2 N–H and O–H groups in total. The second-order valence-corrected chi connectivity index (χ2v) is 6.33. The minimum atomic E-state index is -1.03. The Kier molecular flexibility index (Phi) is 5.57. The van der Waals surface area contributed by atoms with Crippen LogP contribution in [0, 0.1) is 0 Å². The molecule has 22 heavy (non-hydrogen) atoms. The topological polar surface area (TPSA) is 52.6 Å². The van der Waals surface area contributed by atoms with Crippen LogP contribution < -0.4 is 10.2 Å². The number of likely N-dealkylation sites (N-methyl/N-ethyl adjacent to an activating group) is 1. The Balaban J connectivity index is 1.90. The highest BCUT2D eigenvalue weighted by atomic mass is 32.1. The molecule has 0 bridgehead atoms. The monoisotopic (exact) mass is 318 g/mol. The van der Waals surface area contributed by atoms with E-state index in [4.69, 9.17) is 0 Å². The molecular formula is C17H22N2O2S. The van der Waals surface area contributed by atoms with Gasteiger partial charge in [-0.15, -0.1) is 11.3 Å². The zero-order chi connectivity index (χ0) is 16.0. The van der Waals surface area contributed by atoms with E-state index in [0.29, 0.717) is 0 Å². The first-order valence-corrected chi connectivity index (χ1v) is 8.24. The number of thiophene rings is 1. The van der Waals surface area contributed by atoms with Crippen LogP contribution in [0.1, 0.15) is 18.7 Å². The number of nitrogens with one attached hydrogen (secondary N) is 1. The fourth-order valence-corrected chi connectivity index (χ4v) is 2.98. The quantitative estimate of drug-likeness (QED) is 0.825. The van der Waals surface area contributed by atoms with Crippen LogP contribution in [0.2, 0.25) is 0 Å². The van der Waals surface area contributed by atoms with Crippen LogP contribution in [-0.2, 0) is 10.4 Å². The van der Waals surface area contributed by atoms with Crippen LogP contribution in [0.15, 0.2) is 47.8 Å². The largest absolute Gasteiger partial charge is 0.383 e. The summed E-state index contributed by atoms with van der Waals surface area (Å²) in [6, 6.07) is 13.6. The molecule has 0 spiro atoms. The molecule has 1 aromatic carbocycles. The summed E-state index contributed by atoms with van der Waals surface area (Å²) in [6.07, 6.45) is 0. The minimum Gasteiger partial charge on any atom is -0.383 e. The van der Waals surface area contributed by atoms with Gasteiger partial charge >= 0.3 is 0 Å². The summed E-state index contributed by atoms with van der Waals surface area (Å²) in [5.41, 5.74) is -0.0154. The molecule has 0 saturated heterocycles. The predicted molar refractivity (Wildman–Crippen MR) is 91.2 cm³/mol. The number of nitrogens with zero attached hydrogens (tertiary/aromatic N) is 1. The maximum absolute atomic E-state index is 12.1. The predicted octanol–water partition coefficient (Wildman–Crippen LogP) is 2.60. The molecule has 1 unspecified atom stereocenters. The molecular weight excluding hydrogens is 296 g/mol. The summed E-state index contributed by atoms with van der Waals surface area (Å²) in [7, 11) is 0. The Morgan fingerprint density at radius 3 is 2.59 bits per heavy atom. The number of amides is 1. The maximum Gasteiger partial charge on any atom is 0.239 e. The first-order chi connectivity index (χ1) is 10.5. The minimum absolute atomic E-state index is 0.0949. The maximum atomic E-state index is 12.1. The summed E-state index contributed by atoms with van der Waals surface area (Å²) < 4.78 is 0. The standard InChI is InChI=1S/C17H22N2O2S/c1-3-19(14-8-5-4-6-9-14)12-16(20)18-13-17(2,21)15-10-7-11-22-15/h4-11,21H,3,12-13H2,1-2H3,(H,18,20). The first-order valence-electron chi connectivity index (χ1n) is 7.36. The summed E-state index contributed by atoms with van der Waals surface area (Å²) in [5.74, 6) is -0.0949. The highest BCUT2D eigenvalue weighted by Gasteiger charge is 2.25. The van der Waals surface area contributed by atoms with Crippen molar-refractivity contribution in [2.75, 3.05) is 24.5 Å². The van der Waals surface area contributed by atoms with Gasteiger partial charge in [0.15, 0.2) is 0 Å². The Labute approximate surface area is 135 Å². The lowest BCUT2D eigenvalue weighted by Gasteiger charge is -2.25. The number of para-hydroxylation sites is 1. The second-order valence-electron chi connectivity index (χ2n) is 5.38. The average molecular weight is 318 g/mol. The summed E-state index contributed by atoms with van der Waals surface area (Å²) >= 11 is 1.49. The Morgan fingerprint density at radius 2 is 2.00 bits per heavy atom. The zero-order valence-corrected chi connectivity index (χ0v) is 13.8. The number of hydrogen-bond acceptors (Lipinski definition) is 4. The van der Waals surface area contributed by atoms with Gasteiger partial charge in [-0.05, 0) is 37.4 Å². The van der Waals surface area contributed by atoms with E-state index in [0.717, 1.165) is 17.1 Å². The van der Waals surface area contributed by atoms with Crippen molar-refractivity contribution < 1.29 is 9.90 Å². The second kappa shape index (κ2) is 7.42. The van der Waals surface area contributed by atoms with Gasteiger partial charge in [0.1, 0.15) is 5.60 Å². The molecule has 0 radical (unpaired) electrons. The van der Waals surface area contributed by atoms with Crippen molar-refractivity contribution in [1.29, 1.82) is 0 Å². The number of anilines is 1. The number of carbonyl (C=O) groups excluding carboxylic acids is 1. The van der Waals surface area contributed by atoms with Crippen LogP contribution in [-0.4, -0.2) is 30.6 Å². The molecule has 0 aliphatic heterocycles. The van der Waals surface area contributed by atoms with E-state index in [2.05, 4.69) is 5.32 Å². The fourth-order valence-electron chi connectivity index (χ4n) is 2.20. The molecule has 4 nitrogen and oxygen atoms in total. The van der Waals surface area contributed by atoms with Crippen LogP contribution in [0.5, 0.6) is 0 Å². The Hall–Kier alpha value is -1.85. The number of benzene rings is 1. The van der Waals surface area contributed by atoms with Crippen LogP contribution in [0.4, 0.5) is 5.69 Å². The van der Waals surface area contributed by atoms with E-state index in [1.165, 1.54) is 11.3 Å². The van der Waals surface area contributed by atoms with Crippen molar-refractivity contribution in [2.24, 2.45) is 0 Å². The van der Waals surface area contributed by atoms with Crippen molar-refractivity contribution in [2.45, 2.75) is 19.4 Å². The first kappa shape index (κ1) is 16.5. The third kappa shape index (κ3) is 4.32. The van der Waals surface area contributed by atoms with Gasteiger partial charge in [0.25, 0.3) is 0 Å². The van der Waals surface area contributed by atoms with Crippen molar-refractivity contribution in [3.05, 3.63) is 52.7 Å². The Bertz CT molecular complexity index is 582. The van der Waals surface area contributed by atoms with Gasteiger partial charge in [0.05, 0.1) is 13.1 Å². The molecule has 2 aromatic rings. The lowest BCUT2D eigenvalue weighted by molar-refractivity contribution is -0.120. The van der Waals surface area contributed by atoms with Crippen molar-refractivity contribution >= 4 is 22.9 Å². The fraction of sp³-hybridized carbons (Fsp3) is 0.353. The molecule has 0 fully saturated rings. The van der Waals surface area contributed by atoms with Crippen LogP contribution in [0.25, 0.3) is 0 Å². The smallest absolute Gasteiger partial charge is 0.239 e.